The molecule has 2 aromatic rings. The number of oxime groups is 1. The number of amidine groups is 1. The normalized spacial score (nSPS) is 16.5. The maximum absolute atomic E-state index is 12.8. The second-order valence-corrected chi connectivity index (χ2v) is 6.66. The van der Waals surface area contributed by atoms with Gasteiger partial charge in [0.05, 0.1) is 5.56 Å². The van der Waals surface area contributed by atoms with Crippen LogP contribution in [0.4, 0.5) is 0 Å². The molecule has 0 saturated carbocycles. The van der Waals surface area contributed by atoms with E-state index in [4.69, 9.17) is 4.84 Å². The van der Waals surface area contributed by atoms with Crippen LogP contribution in [-0.2, 0) is 4.84 Å². The van der Waals surface area contributed by atoms with Crippen LogP contribution in [0.3, 0.4) is 0 Å². The summed E-state index contributed by atoms with van der Waals surface area (Å²) in [6.45, 7) is 8.03. The topological polar surface area (TPSA) is 41.9 Å². The molecule has 114 valence electrons. The highest BCUT2D eigenvalue weighted by Crippen LogP contribution is 2.33. The van der Waals surface area contributed by atoms with E-state index in [0.29, 0.717) is 11.4 Å². The Kier molecular flexibility index (Phi) is 3.20. The lowest BCUT2D eigenvalue weighted by atomic mass is 10.0. The molecule has 1 heterocycles. The van der Waals surface area contributed by atoms with Crippen molar-refractivity contribution in [2.24, 2.45) is 5.16 Å². The first-order valence-corrected chi connectivity index (χ1v) is 7.33. The third-order valence-corrected chi connectivity index (χ3v) is 3.87. The number of hydrogen-bond donors (Lipinski definition) is 0. The van der Waals surface area contributed by atoms with Crippen LogP contribution >= 0.6 is 0 Å². The van der Waals surface area contributed by atoms with Crippen molar-refractivity contribution in [2.45, 2.75) is 33.2 Å². The van der Waals surface area contributed by atoms with Crippen LogP contribution in [0, 0.1) is 6.92 Å². The van der Waals surface area contributed by atoms with Crippen LogP contribution < -0.4 is 0 Å². The van der Waals surface area contributed by atoms with Gasteiger partial charge in [0.25, 0.3) is 5.91 Å². The minimum Gasteiger partial charge on any atom is -0.397 e. The van der Waals surface area contributed by atoms with Gasteiger partial charge in [-0.2, -0.15) is 0 Å². The van der Waals surface area contributed by atoms with Gasteiger partial charge >= 0.3 is 0 Å². The van der Waals surface area contributed by atoms with Gasteiger partial charge in [-0.15, -0.1) is 0 Å². The highest BCUT2D eigenvalue weighted by molar-refractivity contribution is 6.25. The van der Waals surface area contributed by atoms with Gasteiger partial charge < -0.3 is 4.84 Å². The first kappa shape index (κ1) is 14.6. The fraction of sp³-hybridized carbons (Fsp3) is 0.333. The summed E-state index contributed by atoms with van der Waals surface area (Å²) in [7, 11) is 1.50. The van der Waals surface area contributed by atoms with E-state index in [2.05, 4.69) is 24.2 Å². The third-order valence-electron chi connectivity index (χ3n) is 3.87. The Bertz CT molecular complexity index is 801. The fourth-order valence-electron chi connectivity index (χ4n) is 2.91. The molecular formula is C18H20N2O2. The van der Waals surface area contributed by atoms with Crippen LogP contribution in [0.5, 0.6) is 0 Å². The Balaban J connectivity index is 2.29. The molecule has 0 spiro atoms. The van der Waals surface area contributed by atoms with Crippen molar-refractivity contribution in [3.8, 4) is 0 Å². The molecule has 1 aliphatic heterocycles. The highest BCUT2D eigenvalue weighted by atomic mass is 16.6. The number of carbonyl (C=O) groups excluding carboxylic acids is 1. The summed E-state index contributed by atoms with van der Waals surface area (Å²) in [5.74, 6) is 0.555. The minimum absolute atomic E-state index is 0.0271. The van der Waals surface area contributed by atoms with E-state index in [1.807, 2.05) is 39.0 Å². The molecule has 0 N–H and O–H groups in total. The second-order valence-electron chi connectivity index (χ2n) is 6.66. The maximum Gasteiger partial charge on any atom is 0.260 e. The van der Waals surface area contributed by atoms with Crippen molar-refractivity contribution < 1.29 is 9.63 Å². The van der Waals surface area contributed by atoms with Gasteiger partial charge in [-0.3, -0.25) is 9.69 Å². The molecule has 0 fully saturated rings. The number of fused-ring (bicyclic) bond motifs is 2. The first-order chi connectivity index (χ1) is 10.3. The zero-order valence-corrected chi connectivity index (χ0v) is 13.6. The lowest BCUT2D eigenvalue weighted by molar-refractivity contribution is 0.0756. The van der Waals surface area contributed by atoms with Crippen LogP contribution in [0.2, 0.25) is 0 Å². The average Bonchev–Trinajstić information content (AvgIpc) is 2.69. The summed E-state index contributed by atoms with van der Waals surface area (Å²) in [6.07, 6.45) is 0. The van der Waals surface area contributed by atoms with Crippen molar-refractivity contribution >= 4 is 22.5 Å². The van der Waals surface area contributed by atoms with Crippen molar-refractivity contribution in [1.29, 1.82) is 0 Å². The van der Waals surface area contributed by atoms with Crippen molar-refractivity contribution in [2.75, 3.05) is 7.11 Å². The van der Waals surface area contributed by atoms with Crippen LogP contribution in [0.15, 0.2) is 35.5 Å². The SMILES string of the molecule is CO/N=C1\c2cc3cc(C)ccc3cc2C(=O)N1C(C)(C)C. The van der Waals surface area contributed by atoms with Crippen LogP contribution in [0.25, 0.3) is 10.8 Å². The number of benzene rings is 2. The van der Waals surface area contributed by atoms with E-state index in [0.717, 1.165) is 16.3 Å². The van der Waals surface area contributed by atoms with E-state index in [1.54, 1.807) is 4.90 Å². The minimum atomic E-state index is -0.366. The molecule has 4 nitrogen and oxygen atoms in total. The van der Waals surface area contributed by atoms with Gasteiger partial charge in [0.15, 0.2) is 5.84 Å². The Morgan fingerprint density at radius 1 is 1.05 bits per heavy atom. The number of nitrogens with zero attached hydrogens (tertiary/aromatic N) is 2. The average molecular weight is 296 g/mol. The van der Waals surface area contributed by atoms with E-state index in [-0.39, 0.29) is 11.4 Å². The molecule has 0 radical (unpaired) electrons. The molecule has 3 rings (SSSR count). The zero-order valence-electron chi connectivity index (χ0n) is 13.6. The van der Waals surface area contributed by atoms with Gasteiger partial charge in [0.1, 0.15) is 7.11 Å². The van der Waals surface area contributed by atoms with E-state index >= 15 is 0 Å². The monoisotopic (exact) mass is 296 g/mol. The predicted octanol–water partition coefficient (Wildman–Crippen LogP) is 3.71. The molecule has 1 amide bonds. The Labute approximate surface area is 130 Å². The lowest BCUT2D eigenvalue weighted by Crippen LogP contribution is -2.45. The zero-order chi connectivity index (χ0) is 16.1. The summed E-state index contributed by atoms with van der Waals surface area (Å²) < 4.78 is 0. The third kappa shape index (κ3) is 2.15. The smallest absolute Gasteiger partial charge is 0.260 e. The highest BCUT2D eigenvalue weighted by Gasteiger charge is 2.41. The van der Waals surface area contributed by atoms with Gasteiger partial charge in [0, 0.05) is 11.1 Å². The van der Waals surface area contributed by atoms with E-state index in [1.165, 1.54) is 12.7 Å². The van der Waals surface area contributed by atoms with Gasteiger partial charge in [-0.25, -0.2) is 0 Å². The molecule has 4 heteroatoms. The van der Waals surface area contributed by atoms with Gasteiger partial charge in [-0.05, 0) is 50.6 Å². The van der Waals surface area contributed by atoms with Crippen LogP contribution in [0.1, 0.15) is 42.3 Å². The number of amides is 1. The molecule has 0 aliphatic carbocycles. The standard InChI is InChI=1S/C18H20N2O2/c1-11-6-7-12-9-15-14(10-13(12)8-11)16(19-22-5)20(17(15)21)18(2,3)4/h6-10H,1-5H3/b19-16+. The fourth-order valence-corrected chi connectivity index (χ4v) is 2.91. The number of aryl methyl sites for hydroxylation is 1. The summed E-state index contributed by atoms with van der Waals surface area (Å²) in [5.41, 5.74) is 2.34. The predicted molar refractivity (Wildman–Crippen MR) is 88.2 cm³/mol. The number of rotatable bonds is 1. The molecule has 0 aromatic heterocycles. The van der Waals surface area contributed by atoms with Crippen molar-refractivity contribution in [1.82, 2.24) is 4.90 Å². The van der Waals surface area contributed by atoms with Crippen molar-refractivity contribution in [3.05, 3.63) is 47.0 Å². The molecule has 2 aromatic carbocycles. The van der Waals surface area contributed by atoms with Crippen molar-refractivity contribution in [3.63, 3.8) is 0 Å². The Morgan fingerprint density at radius 3 is 2.36 bits per heavy atom. The number of hydrogen-bond acceptors (Lipinski definition) is 3. The summed E-state index contributed by atoms with van der Waals surface area (Å²) in [4.78, 5) is 19.5. The van der Waals surface area contributed by atoms with Crippen LogP contribution in [-0.4, -0.2) is 29.3 Å². The molecule has 0 atom stereocenters. The van der Waals surface area contributed by atoms with E-state index in [9.17, 15) is 4.79 Å². The second kappa shape index (κ2) is 4.83. The first-order valence-electron chi connectivity index (χ1n) is 7.33. The quantitative estimate of drug-likeness (QED) is 0.753. The summed E-state index contributed by atoms with van der Waals surface area (Å²) in [5, 5.41) is 6.28. The number of carbonyl (C=O) groups is 1. The summed E-state index contributed by atoms with van der Waals surface area (Å²) in [6, 6.07) is 10.2. The largest absolute Gasteiger partial charge is 0.397 e. The maximum atomic E-state index is 12.8. The van der Waals surface area contributed by atoms with Gasteiger partial charge in [0.2, 0.25) is 0 Å². The molecule has 22 heavy (non-hydrogen) atoms. The molecule has 0 bridgehead atoms. The molecular weight excluding hydrogens is 276 g/mol. The lowest BCUT2D eigenvalue weighted by Gasteiger charge is -2.31. The molecule has 0 saturated heterocycles. The Hall–Kier alpha value is -2.36. The molecule has 0 unspecified atom stereocenters. The van der Waals surface area contributed by atoms with Gasteiger partial charge in [-0.1, -0.05) is 28.9 Å². The Morgan fingerprint density at radius 2 is 1.73 bits per heavy atom. The summed E-state index contributed by atoms with van der Waals surface area (Å²) >= 11 is 0. The van der Waals surface area contributed by atoms with E-state index < -0.39 is 0 Å². The molecule has 1 aliphatic rings.